The Morgan fingerprint density at radius 3 is 2.69 bits per heavy atom. The molecule has 7 nitrogen and oxygen atoms in total. The van der Waals surface area contributed by atoms with Gasteiger partial charge >= 0.3 is 0 Å². The second-order valence-electron chi connectivity index (χ2n) is 7.99. The molecule has 0 aliphatic carbocycles. The highest BCUT2D eigenvalue weighted by Gasteiger charge is 2.20. The number of pyridine rings is 2. The van der Waals surface area contributed by atoms with Crippen molar-refractivity contribution in [3.8, 4) is 0 Å². The Labute approximate surface area is 185 Å². The molecule has 0 unspecified atom stereocenters. The quantitative estimate of drug-likeness (QED) is 0.426. The van der Waals surface area contributed by atoms with Crippen LogP contribution in [0.3, 0.4) is 0 Å². The average Bonchev–Trinajstić information content (AvgIpc) is 3.29. The summed E-state index contributed by atoms with van der Waals surface area (Å²) in [5, 5.41) is 13.4. The summed E-state index contributed by atoms with van der Waals surface area (Å²) in [6.45, 7) is 4.83. The molecule has 0 aliphatic rings. The van der Waals surface area contributed by atoms with E-state index >= 15 is 0 Å². The topological polar surface area (TPSA) is 76.3 Å². The molecule has 2 aromatic carbocycles. The van der Waals surface area contributed by atoms with Gasteiger partial charge in [0.25, 0.3) is 5.91 Å². The number of para-hydroxylation sites is 1. The summed E-state index contributed by atoms with van der Waals surface area (Å²) < 4.78 is 1.76. The lowest BCUT2D eigenvalue weighted by molar-refractivity contribution is 0.0730. The number of nitrogens with zero attached hydrogens (tertiary/aromatic N) is 6. The monoisotopic (exact) mass is 422 g/mol. The van der Waals surface area contributed by atoms with Crippen LogP contribution in [0.1, 0.15) is 32.6 Å². The van der Waals surface area contributed by atoms with Gasteiger partial charge < -0.3 is 4.90 Å². The summed E-state index contributed by atoms with van der Waals surface area (Å²) >= 11 is 0. The molecule has 158 valence electrons. The van der Waals surface area contributed by atoms with Gasteiger partial charge in [-0.1, -0.05) is 42.0 Å². The third-order valence-corrected chi connectivity index (χ3v) is 5.58. The lowest BCUT2D eigenvalue weighted by Gasteiger charge is -2.23. The van der Waals surface area contributed by atoms with Gasteiger partial charge in [0, 0.05) is 35.5 Å². The maximum Gasteiger partial charge on any atom is 0.254 e. The van der Waals surface area contributed by atoms with Crippen LogP contribution in [0.4, 0.5) is 0 Å². The van der Waals surface area contributed by atoms with Crippen LogP contribution in [0.25, 0.3) is 16.6 Å². The highest BCUT2D eigenvalue weighted by atomic mass is 16.2. The zero-order valence-electron chi connectivity index (χ0n) is 17.9. The number of amides is 1. The van der Waals surface area contributed by atoms with Gasteiger partial charge in [-0.3, -0.25) is 9.78 Å². The summed E-state index contributed by atoms with van der Waals surface area (Å²) in [5.41, 5.74) is 6.26. The van der Waals surface area contributed by atoms with Gasteiger partial charge in [-0.15, -0.1) is 5.10 Å². The van der Waals surface area contributed by atoms with Crippen LogP contribution in [0.5, 0.6) is 0 Å². The number of carbonyl (C=O) groups is 1. The predicted octanol–water partition coefficient (Wildman–Crippen LogP) is 4.13. The van der Waals surface area contributed by atoms with Crippen LogP contribution in [0, 0.1) is 13.8 Å². The number of hydrogen-bond donors (Lipinski definition) is 0. The number of tetrazole rings is 1. The average molecular weight is 422 g/mol. The standard InChI is InChI=1S/C25H22N6O/c1-17-6-3-10-21(12-17)25(32)30(15-19-8-5-11-26-14-19)16-22-13-20-9-4-7-18(2)23(20)31-24(22)27-28-29-31/h3-14H,15-16H2,1-2H3. The molecule has 0 spiro atoms. The first kappa shape index (κ1) is 19.8. The maximum absolute atomic E-state index is 13.5. The fourth-order valence-electron chi connectivity index (χ4n) is 4.07. The van der Waals surface area contributed by atoms with Gasteiger partial charge in [0.1, 0.15) is 0 Å². The van der Waals surface area contributed by atoms with Gasteiger partial charge in [0.05, 0.1) is 12.1 Å². The fraction of sp³-hybridized carbons (Fsp3) is 0.160. The van der Waals surface area contributed by atoms with Crippen LogP contribution >= 0.6 is 0 Å². The Hall–Kier alpha value is -4.13. The van der Waals surface area contributed by atoms with Crippen LogP contribution < -0.4 is 0 Å². The first-order valence-corrected chi connectivity index (χ1v) is 10.4. The van der Waals surface area contributed by atoms with Gasteiger partial charge in [0.2, 0.25) is 0 Å². The molecule has 0 radical (unpaired) electrons. The Morgan fingerprint density at radius 1 is 1.00 bits per heavy atom. The Bertz CT molecular complexity index is 1430. The number of aromatic nitrogens is 5. The molecule has 0 atom stereocenters. The zero-order valence-corrected chi connectivity index (χ0v) is 17.9. The SMILES string of the molecule is Cc1cccc(C(=O)N(Cc2cccnc2)Cc2cc3cccc(C)c3n3nnnc23)c1. The molecule has 0 bridgehead atoms. The van der Waals surface area contributed by atoms with Crippen molar-refractivity contribution in [3.05, 3.63) is 101 Å². The summed E-state index contributed by atoms with van der Waals surface area (Å²) in [7, 11) is 0. The highest BCUT2D eigenvalue weighted by molar-refractivity contribution is 5.94. The second kappa shape index (κ2) is 8.19. The molecule has 7 heteroatoms. The molecule has 32 heavy (non-hydrogen) atoms. The molecule has 3 heterocycles. The molecule has 0 N–H and O–H groups in total. The van der Waals surface area contributed by atoms with E-state index in [9.17, 15) is 4.79 Å². The van der Waals surface area contributed by atoms with Crippen molar-refractivity contribution in [2.75, 3.05) is 0 Å². The minimum absolute atomic E-state index is 0.0486. The number of fused-ring (bicyclic) bond motifs is 3. The molecular formula is C25H22N6O. The molecule has 1 amide bonds. The number of hydrogen-bond acceptors (Lipinski definition) is 5. The van der Waals surface area contributed by atoms with E-state index in [4.69, 9.17) is 0 Å². The summed E-state index contributed by atoms with van der Waals surface area (Å²) in [5.74, 6) is -0.0486. The molecule has 5 rings (SSSR count). The van der Waals surface area contributed by atoms with Gasteiger partial charge in [-0.25, -0.2) is 0 Å². The molecule has 5 aromatic rings. The van der Waals surface area contributed by atoms with E-state index in [2.05, 4.69) is 26.6 Å². The van der Waals surface area contributed by atoms with Gasteiger partial charge in [0.15, 0.2) is 5.65 Å². The van der Waals surface area contributed by atoms with Crippen molar-refractivity contribution in [1.29, 1.82) is 0 Å². The Morgan fingerprint density at radius 2 is 1.88 bits per heavy atom. The van der Waals surface area contributed by atoms with E-state index in [1.807, 2.05) is 73.3 Å². The summed E-state index contributed by atoms with van der Waals surface area (Å²) in [6.07, 6.45) is 3.52. The van der Waals surface area contributed by atoms with Crippen LogP contribution in [0.2, 0.25) is 0 Å². The smallest absolute Gasteiger partial charge is 0.254 e. The molecule has 0 aliphatic heterocycles. The number of aryl methyl sites for hydroxylation is 2. The van der Waals surface area contributed by atoms with E-state index < -0.39 is 0 Å². The van der Waals surface area contributed by atoms with Gasteiger partial charge in [-0.2, -0.15) is 4.52 Å². The first-order valence-electron chi connectivity index (χ1n) is 10.4. The summed E-state index contributed by atoms with van der Waals surface area (Å²) in [6, 6.07) is 19.7. The largest absolute Gasteiger partial charge is 0.330 e. The molecule has 0 saturated heterocycles. The third kappa shape index (κ3) is 3.69. The molecule has 3 aromatic heterocycles. The van der Waals surface area contributed by atoms with E-state index in [0.29, 0.717) is 24.3 Å². The predicted molar refractivity (Wildman–Crippen MR) is 122 cm³/mol. The van der Waals surface area contributed by atoms with Crippen molar-refractivity contribution in [2.45, 2.75) is 26.9 Å². The van der Waals surface area contributed by atoms with E-state index in [1.165, 1.54) is 0 Å². The zero-order chi connectivity index (χ0) is 22.1. The van der Waals surface area contributed by atoms with Crippen molar-refractivity contribution >= 4 is 22.5 Å². The van der Waals surface area contributed by atoms with Crippen LogP contribution in [-0.4, -0.2) is 35.8 Å². The minimum Gasteiger partial charge on any atom is -0.330 e. The Kier molecular flexibility index (Phi) is 5.07. The molecular weight excluding hydrogens is 400 g/mol. The lowest BCUT2D eigenvalue weighted by atomic mass is 10.1. The molecule has 0 fully saturated rings. The number of rotatable bonds is 5. The van der Waals surface area contributed by atoms with Crippen LogP contribution in [0.15, 0.2) is 73.1 Å². The lowest BCUT2D eigenvalue weighted by Crippen LogP contribution is -2.30. The van der Waals surface area contributed by atoms with Crippen LogP contribution in [-0.2, 0) is 13.1 Å². The van der Waals surface area contributed by atoms with E-state index in [-0.39, 0.29) is 5.91 Å². The fourth-order valence-corrected chi connectivity index (χ4v) is 4.07. The minimum atomic E-state index is -0.0486. The van der Waals surface area contributed by atoms with Crippen molar-refractivity contribution in [1.82, 2.24) is 29.9 Å². The maximum atomic E-state index is 13.5. The summed E-state index contributed by atoms with van der Waals surface area (Å²) in [4.78, 5) is 19.6. The highest BCUT2D eigenvalue weighted by Crippen LogP contribution is 2.24. The van der Waals surface area contributed by atoms with E-state index in [1.54, 1.807) is 16.9 Å². The molecule has 0 saturated carbocycles. The van der Waals surface area contributed by atoms with E-state index in [0.717, 1.165) is 33.2 Å². The number of carbonyl (C=O) groups excluding carboxylic acids is 1. The normalized spacial score (nSPS) is 11.2. The van der Waals surface area contributed by atoms with Crippen molar-refractivity contribution < 1.29 is 4.79 Å². The Balaban J connectivity index is 1.60. The third-order valence-electron chi connectivity index (χ3n) is 5.58. The van der Waals surface area contributed by atoms with Crippen molar-refractivity contribution in [2.24, 2.45) is 0 Å². The first-order chi connectivity index (χ1) is 15.6. The van der Waals surface area contributed by atoms with Gasteiger partial charge in [-0.05, 0) is 59.7 Å². The second-order valence-corrected chi connectivity index (χ2v) is 7.99. The van der Waals surface area contributed by atoms with Crippen molar-refractivity contribution in [3.63, 3.8) is 0 Å². The number of benzene rings is 2.